The van der Waals surface area contributed by atoms with Gasteiger partial charge in [0.05, 0.1) is 0 Å². The third kappa shape index (κ3) is 3.22. The second kappa shape index (κ2) is 6.33. The van der Waals surface area contributed by atoms with E-state index in [4.69, 9.17) is 0 Å². The van der Waals surface area contributed by atoms with Gasteiger partial charge in [-0.15, -0.1) is 11.3 Å². The summed E-state index contributed by atoms with van der Waals surface area (Å²) in [5.41, 5.74) is 3.41. The highest BCUT2D eigenvalue weighted by molar-refractivity contribution is 7.09. The van der Waals surface area contributed by atoms with E-state index >= 15 is 0 Å². The second-order valence-electron chi connectivity index (χ2n) is 6.58. The van der Waals surface area contributed by atoms with Crippen LogP contribution in [0.5, 0.6) is 0 Å². The fourth-order valence-electron chi connectivity index (χ4n) is 3.58. The van der Waals surface area contributed by atoms with Gasteiger partial charge < -0.3 is 5.32 Å². The molecule has 2 heteroatoms. The lowest BCUT2D eigenvalue weighted by atomic mass is 9.67. The minimum atomic E-state index is 0.268. The molecule has 0 fully saturated rings. The molecule has 0 aliphatic heterocycles. The van der Waals surface area contributed by atoms with Crippen molar-refractivity contribution in [1.82, 2.24) is 5.32 Å². The third-order valence-corrected chi connectivity index (χ3v) is 5.51. The summed E-state index contributed by atoms with van der Waals surface area (Å²) in [5.74, 6) is 0. The zero-order valence-electron chi connectivity index (χ0n) is 13.1. The molecule has 0 radical (unpaired) electrons. The lowest BCUT2D eigenvalue weighted by Crippen LogP contribution is -2.44. The van der Waals surface area contributed by atoms with Crippen LogP contribution < -0.4 is 5.32 Å². The summed E-state index contributed by atoms with van der Waals surface area (Å²) in [6, 6.07) is 14.1. The van der Waals surface area contributed by atoms with Crippen LogP contribution in [-0.2, 0) is 18.3 Å². The first-order valence-electron chi connectivity index (χ1n) is 8.04. The van der Waals surface area contributed by atoms with Crippen LogP contribution in [0.3, 0.4) is 0 Å². The van der Waals surface area contributed by atoms with Gasteiger partial charge in [-0.25, -0.2) is 0 Å². The maximum absolute atomic E-state index is 3.71. The number of hydrogen-bond acceptors (Lipinski definition) is 2. The Morgan fingerprint density at radius 1 is 1.19 bits per heavy atom. The number of thiophene rings is 1. The molecule has 21 heavy (non-hydrogen) atoms. The average Bonchev–Trinajstić information content (AvgIpc) is 2.98. The molecule has 3 rings (SSSR count). The Balaban J connectivity index is 1.96. The molecule has 1 unspecified atom stereocenters. The van der Waals surface area contributed by atoms with Crippen LogP contribution in [0, 0.1) is 0 Å². The topological polar surface area (TPSA) is 12.0 Å². The van der Waals surface area contributed by atoms with Crippen LogP contribution >= 0.6 is 11.3 Å². The Labute approximate surface area is 132 Å². The van der Waals surface area contributed by atoms with Crippen LogP contribution in [0.25, 0.3) is 0 Å². The Kier molecular flexibility index (Phi) is 4.46. The van der Waals surface area contributed by atoms with Gasteiger partial charge in [0.25, 0.3) is 0 Å². The highest BCUT2D eigenvalue weighted by Gasteiger charge is 2.36. The molecule has 1 atom stereocenters. The minimum absolute atomic E-state index is 0.268. The summed E-state index contributed by atoms with van der Waals surface area (Å²) in [4.78, 5) is 1.51. The predicted octanol–water partition coefficient (Wildman–Crippen LogP) is 4.56. The molecule has 0 spiro atoms. The van der Waals surface area contributed by atoms with Gasteiger partial charge in [0.15, 0.2) is 0 Å². The number of aryl methyl sites for hydroxylation is 1. The number of rotatable bonds is 5. The molecule has 0 saturated heterocycles. The molecule has 1 nitrogen and oxygen atoms in total. The Morgan fingerprint density at radius 2 is 2.05 bits per heavy atom. The van der Waals surface area contributed by atoms with E-state index in [2.05, 4.69) is 60.9 Å². The number of fused-ring (bicyclic) bond motifs is 1. The van der Waals surface area contributed by atoms with E-state index in [1.165, 1.54) is 30.6 Å². The van der Waals surface area contributed by atoms with Crippen molar-refractivity contribution in [1.29, 1.82) is 0 Å². The molecule has 2 aromatic rings. The molecule has 0 bridgehead atoms. The van der Waals surface area contributed by atoms with E-state index in [0.29, 0.717) is 6.04 Å². The van der Waals surface area contributed by atoms with Crippen molar-refractivity contribution in [3.63, 3.8) is 0 Å². The van der Waals surface area contributed by atoms with E-state index < -0.39 is 0 Å². The lowest BCUT2D eigenvalue weighted by molar-refractivity contribution is 0.327. The summed E-state index contributed by atoms with van der Waals surface area (Å²) in [6.07, 6.45) is 5.01. The van der Waals surface area contributed by atoms with Crippen LogP contribution in [-0.4, -0.2) is 12.6 Å². The average molecular weight is 299 g/mol. The first-order valence-corrected chi connectivity index (χ1v) is 8.92. The highest BCUT2D eigenvalue weighted by atomic mass is 32.1. The van der Waals surface area contributed by atoms with Gasteiger partial charge in [0.2, 0.25) is 0 Å². The summed E-state index contributed by atoms with van der Waals surface area (Å²) in [7, 11) is 0. The number of hydrogen-bond donors (Lipinski definition) is 1. The molecule has 0 amide bonds. The van der Waals surface area contributed by atoms with Crippen molar-refractivity contribution in [3.05, 3.63) is 57.8 Å². The van der Waals surface area contributed by atoms with Gasteiger partial charge in [0, 0.05) is 22.9 Å². The first kappa shape index (κ1) is 14.8. The van der Waals surface area contributed by atoms with Crippen molar-refractivity contribution < 1.29 is 0 Å². The van der Waals surface area contributed by atoms with E-state index in [-0.39, 0.29) is 5.41 Å². The van der Waals surface area contributed by atoms with E-state index in [9.17, 15) is 0 Å². The fourth-order valence-corrected chi connectivity index (χ4v) is 4.43. The first-order chi connectivity index (χ1) is 10.2. The molecule has 0 saturated carbocycles. The second-order valence-corrected chi connectivity index (χ2v) is 7.62. The van der Waals surface area contributed by atoms with E-state index in [1.807, 2.05) is 11.3 Å². The molecule has 112 valence electrons. The maximum Gasteiger partial charge on any atom is 0.0129 e. The van der Waals surface area contributed by atoms with Crippen LogP contribution in [0.4, 0.5) is 0 Å². The predicted molar refractivity (Wildman–Crippen MR) is 92.2 cm³/mol. The number of benzene rings is 1. The standard InChI is InChI=1S/C19H25NS/c1-15(2)20-14-19(13-17-9-6-12-21-17)11-5-8-16-7-3-4-10-18(16)19/h3-4,6-7,9-10,12,15,20H,5,8,11,13-14H2,1-2H3. The maximum atomic E-state index is 3.71. The number of nitrogens with one attached hydrogen (secondary N) is 1. The third-order valence-electron chi connectivity index (χ3n) is 4.63. The summed E-state index contributed by atoms with van der Waals surface area (Å²) < 4.78 is 0. The van der Waals surface area contributed by atoms with Crippen LogP contribution in [0.15, 0.2) is 41.8 Å². The quantitative estimate of drug-likeness (QED) is 0.853. The molecule has 1 aliphatic carbocycles. The normalized spacial score (nSPS) is 21.5. The van der Waals surface area contributed by atoms with Crippen molar-refractivity contribution in [2.24, 2.45) is 0 Å². The van der Waals surface area contributed by atoms with Crippen LogP contribution in [0.2, 0.25) is 0 Å². The highest BCUT2D eigenvalue weighted by Crippen LogP contribution is 2.40. The summed E-state index contributed by atoms with van der Waals surface area (Å²) in [6.45, 7) is 5.57. The molecular weight excluding hydrogens is 274 g/mol. The summed E-state index contributed by atoms with van der Waals surface area (Å²) in [5, 5.41) is 5.92. The van der Waals surface area contributed by atoms with Gasteiger partial charge in [-0.05, 0) is 48.3 Å². The van der Waals surface area contributed by atoms with Gasteiger partial charge in [-0.3, -0.25) is 0 Å². The van der Waals surface area contributed by atoms with Gasteiger partial charge in [-0.2, -0.15) is 0 Å². The van der Waals surface area contributed by atoms with E-state index in [0.717, 1.165) is 6.54 Å². The van der Waals surface area contributed by atoms with Crippen molar-refractivity contribution >= 4 is 11.3 Å². The summed E-state index contributed by atoms with van der Waals surface area (Å²) >= 11 is 1.90. The Morgan fingerprint density at radius 3 is 2.81 bits per heavy atom. The Hall–Kier alpha value is -1.12. The fraction of sp³-hybridized carbons (Fsp3) is 0.474. The minimum Gasteiger partial charge on any atom is -0.314 e. The molecule has 1 aromatic heterocycles. The zero-order valence-corrected chi connectivity index (χ0v) is 13.9. The SMILES string of the molecule is CC(C)NCC1(Cc2cccs2)CCCc2ccccc21. The lowest BCUT2D eigenvalue weighted by Gasteiger charge is -2.40. The molecular formula is C19H25NS. The molecule has 1 heterocycles. The van der Waals surface area contributed by atoms with Crippen LogP contribution in [0.1, 0.15) is 42.7 Å². The smallest absolute Gasteiger partial charge is 0.0129 e. The van der Waals surface area contributed by atoms with Gasteiger partial charge >= 0.3 is 0 Å². The van der Waals surface area contributed by atoms with E-state index in [1.54, 1.807) is 11.1 Å². The molecule has 1 aliphatic rings. The molecule has 1 aromatic carbocycles. The van der Waals surface area contributed by atoms with Crippen molar-refractivity contribution in [2.45, 2.75) is 51.0 Å². The monoisotopic (exact) mass is 299 g/mol. The zero-order chi connectivity index (χ0) is 14.7. The van der Waals surface area contributed by atoms with Crippen molar-refractivity contribution in [3.8, 4) is 0 Å². The largest absolute Gasteiger partial charge is 0.314 e. The molecule has 1 N–H and O–H groups in total. The van der Waals surface area contributed by atoms with Crippen molar-refractivity contribution in [2.75, 3.05) is 6.54 Å². The van der Waals surface area contributed by atoms with Gasteiger partial charge in [0.1, 0.15) is 0 Å². The Bertz CT molecular complexity index is 573. The van der Waals surface area contributed by atoms with Gasteiger partial charge in [-0.1, -0.05) is 44.2 Å².